The summed E-state index contributed by atoms with van der Waals surface area (Å²) in [6.45, 7) is 0.688. The number of nitrogens with zero attached hydrogens (tertiary/aromatic N) is 4. The smallest absolute Gasteiger partial charge is 0.262 e. The van der Waals surface area contributed by atoms with Gasteiger partial charge in [-0.25, -0.2) is 4.39 Å². The summed E-state index contributed by atoms with van der Waals surface area (Å²) in [5.41, 5.74) is 9.31. The van der Waals surface area contributed by atoms with E-state index in [0.717, 1.165) is 47.5 Å². The first-order valence-electron chi connectivity index (χ1n) is 13.5. The highest BCUT2D eigenvalue weighted by molar-refractivity contribution is 6.23. The van der Waals surface area contributed by atoms with E-state index in [4.69, 9.17) is 10.8 Å². The number of carbonyl (C=O) groups is 4. The zero-order valence-corrected chi connectivity index (χ0v) is 21.8. The molecule has 1 aromatic carbocycles. The third-order valence-electron chi connectivity index (χ3n) is 8.02. The number of hydrogen-bond donors (Lipinski definition) is 2. The maximum absolute atomic E-state index is 13.4. The summed E-state index contributed by atoms with van der Waals surface area (Å²) < 4.78 is 15.4. The summed E-state index contributed by atoms with van der Waals surface area (Å²) in [5.74, 6) is -1.51. The van der Waals surface area contributed by atoms with Gasteiger partial charge in [0.1, 0.15) is 18.1 Å². The molecule has 40 heavy (non-hydrogen) atoms. The molecule has 206 valence electrons. The van der Waals surface area contributed by atoms with Gasteiger partial charge < -0.3 is 15.8 Å². The van der Waals surface area contributed by atoms with Crippen molar-refractivity contribution in [1.82, 2.24) is 19.7 Å². The van der Waals surface area contributed by atoms with Crippen molar-refractivity contribution in [1.29, 1.82) is 0 Å². The van der Waals surface area contributed by atoms with Gasteiger partial charge in [0.2, 0.25) is 5.91 Å². The summed E-state index contributed by atoms with van der Waals surface area (Å²) in [4.78, 5) is 53.7. The molecular formula is C29H29FN6O4. The number of amides is 3. The van der Waals surface area contributed by atoms with Crippen molar-refractivity contribution in [2.24, 2.45) is 11.7 Å². The first kappa shape index (κ1) is 25.8. The second-order valence-electron chi connectivity index (χ2n) is 10.8. The molecule has 2 saturated carbocycles. The van der Waals surface area contributed by atoms with Crippen molar-refractivity contribution in [3.8, 4) is 11.3 Å². The van der Waals surface area contributed by atoms with E-state index in [2.05, 4.69) is 10.3 Å². The number of nitrogens with one attached hydrogen (secondary N) is 1. The van der Waals surface area contributed by atoms with Gasteiger partial charge in [-0.3, -0.25) is 28.9 Å². The van der Waals surface area contributed by atoms with Gasteiger partial charge >= 0.3 is 0 Å². The van der Waals surface area contributed by atoms with E-state index >= 15 is 0 Å². The highest BCUT2D eigenvalue weighted by Gasteiger charge is 2.42. The summed E-state index contributed by atoms with van der Waals surface area (Å²) in [7, 11) is 0. The minimum Gasteiger partial charge on any atom is -0.385 e. The molecule has 3 heterocycles. The predicted molar refractivity (Wildman–Crippen MR) is 143 cm³/mol. The van der Waals surface area contributed by atoms with Crippen LogP contribution in [0.5, 0.6) is 0 Å². The summed E-state index contributed by atoms with van der Waals surface area (Å²) in [6, 6.07) is 7.17. The Morgan fingerprint density at radius 3 is 2.58 bits per heavy atom. The monoisotopic (exact) mass is 544 g/mol. The predicted octanol–water partition coefficient (Wildman–Crippen LogP) is 3.45. The molecule has 6 rings (SSSR count). The van der Waals surface area contributed by atoms with Crippen LogP contribution in [0, 0.1) is 11.7 Å². The molecular weight excluding hydrogens is 515 g/mol. The normalized spacial score (nSPS) is 20.7. The van der Waals surface area contributed by atoms with Gasteiger partial charge in [-0.05, 0) is 68.4 Å². The highest BCUT2D eigenvalue weighted by Crippen LogP contribution is 2.45. The van der Waals surface area contributed by atoms with Crippen molar-refractivity contribution < 1.29 is 23.6 Å². The first-order chi connectivity index (χ1) is 19.3. The number of halogens is 1. The Morgan fingerprint density at radius 1 is 1.12 bits per heavy atom. The molecule has 1 unspecified atom stereocenters. The minimum absolute atomic E-state index is 0.00143. The van der Waals surface area contributed by atoms with Gasteiger partial charge in [0.05, 0.1) is 34.8 Å². The zero-order valence-electron chi connectivity index (χ0n) is 21.8. The molecule has 3 amide bonds. The molecule has 0 spiro atoms. The molecule has 1 atom stereocenters. The average molecular weight is 545 g/mol. The second-order valence-corrected chi connectivity index (χ2v) is 10.8. The number of aromatic nitrogens is 3. The Kier molecular flexibility index (Phi) is 6.65. The van der Waals surface area contributed by atoms with Crippen molar-refractivity contribution >= 4 is 29.7 Å². The molecule has 2 aliphatic carbocycles. The van der Waals surface area contributed by atoms with Crippen LogP contribution in [0.4, 0.5) is 10.1 Å². The van der Waals surface area contributed by atoms with E-state index in [1.165, 1.54) is 12.3 Å². The standard InChI is InChI=1S/C29H29FN6O4/c30-18-5-8-24(33-14-18)23-15-35(34-26(23)17-3-4-17)20-10-16(11-20)13-32-19-6-7-21-22(12-19)29(40)36(28(21)39)25(27(31)38)2-1-9-37/h5-9,12,14-17,20,25,32H,1-4,10-11,13H2,(H2,31,38). The van der Waals surface area contributed by atoms with Crippen molar-refractivity contribution in [3.05, 3.63) is 65.4 Å². The fourth-order valence-corrected chi connectivity index (χ4v) is 5.61. The molecule has 10 nitrogen and oxygen atoms in total. The number of fused-ring (bicyclic) bond motifs is 1. The number of anilines is 1. The van der Waals surface area contributed by atoms with E-state index in [1.807, 2.05) is 10.9 Å². The van der Waals surface area contributed by atoms with Crippen molar-refractivity contribution in [3.63, 3.8) is 0 Å². The Balaban J connectivity index is 1.08. The first-order valence-corrected chi connectivity index (χ1v) is 13.5. The fraction of sp³-hybridized carbons (Fsp3) is 0.379. The van der Waals surface area contributed by atoms with Gasteiger partial charge in [-0.2, -0.15) is 5.10 Å². The molecule has 0 saturated heterocycles. The lowest BCUT2D eigenvalue weighted by atomic mass is 9.80. The largest absolute Gasteiger partial charge is 0.385 e. The molecule has 3 aliphatic rings. The van der Waals surface area contributed by atoms with Crippen LogP contribution in [-0.4, -0.2) is 56.3 Å². The number of carbonyl (C=O) groups excluding carboxylic acids is 4. The molecule has 2 aromatic heterocycles. The summed E-state index contributed by atoms with van der Waals surface area (Å²) in [6.07, 6.45) is 7.99. The number of rotatable bonds is 11. The Labute approximate surface area is 229 Å². The average Bonchev–Trinajstić information content (AvgIpc) is 3.63. The quantitative estimate of drug-likeness (QED) is 0.278. The fourth-order valence-electron chi connectivity index (χ4n) is 5.61. The maximum Gasteiger partial charge on any atom is 0.262 e. The minimum atomic E-state index is -1.16. The van der Waals surface area contributed by atoms with Gasteiger partial charge in [0.15, 0.2) is 0 Å². The lowest BCUT2D eigenvalue weighted by Gasteiger charge is -2.35. The molecule has 0 bridgehead atoms. The Bertz CT molecular complexity index is 1490. The van der Waals surface area contributed by atoms with Gasteiger partial charge in [-0.15, -0.1) is 0 Å². The van der Waals surface area contributed by atoms with Crippen LogP contribution in [0.15, 0.2) is 42.7 Å². The third kappa shape index (κ3) is 4.76. The highest BCUT2D eigenvalue weighted by atomic mass is 19.1. The van der Waals surface area contributed by atoms with E-state index in [1.54, 1.807) is 24.3 Å². The molecule has 2 fully saturated rings. The van der Waals surface area contributed by atoms with Gasteiger partial charge in [-0.1, -0.05) is 0 Å². The molecule has 3 aromatic rings. The number of primary amides is 1. The number of benzene rings is 1. The number of nitrogens with two attached hydrogens (primary N) is 1. The van der Waals surface area contributed by atoms with E-state index in [-0.39, 0.29) is 35.8 Å². The van der Waals surface area contributed by atoms with Crippen LogP contribution in [0.25, 0.3) is 11.3 Å². The zero-order chi connectivity index (χ0) is 28.0. The van der Waals surface area contributed by atoms with E-state index < -0.39 is 23.8 Å². The molecule has 11 heteroatoms. The van der Waals surface area contributed by atoms with E-state index in [0.29, 0.717) is 30.4 Å². The lowest BCUT2D eigenvalue weighted by Crippen LogP contribution is -2.47. The molecule has 3 N–H and O–H groups in total. The number of pyridine rings is 1. The maximum atomic E-state index is 13.4. The summed E-state index contributed by atoms with van der Waals surface area (Å²) >= 11 is 0. The number of aldehydes is 1. The van der Waals surface area contributed by atoms with Crippen LogP contribution < -0.4 is 11.1 Å². The van der Waals surface area contributed by atoms with Crippen LogP contribution in [-0.2, 0) is 9.59 Å². The van der Waals surface area contributed by atoms with Gasteiger partial charge in [0, 0.05) is 36.3 Å². The van der Waals surface area contributed by atoms with Gasteiger partial charge in [0.25, 0.3) is 11.8 Å². The van der Waals surface area contributed by atoms with Crippen molar-refractivity contribution in [2.75, 3.05) is 11.9 Å². The summed E-state index contributed by atoms with van der Waals surface area (Å²) in [5, 5.41) is 8.25. The van der Waals surface area contributed by atoms with Crippen LogP contribution in [0.1, 0.15) is 76.9 Å². The van der Waals surface area contributed by atoms with Crippen molar-refractivity contribution in [2.45, 2.75) is 56.5 Å². The second kappa shape index (κ2) is 10.3. The van der Waals surface area contributed by atoms with Crippen LogP contribution in [0.2, 0.25) is 0 Å². The van der Waals surface area contributed by atoms with Crippen LogP contribution in [0.3, 0.4) is 0 Å². The Morgan fingerprint density at radius 2 is 1.90 bits per heavy atom. The topological polar surface area (TPSA) is 140 Å². The molecule has 1 aliphatic heterocycles. The molecule has 0 radical (unpaired) electrons. The number of imide groups is 1. The van der Waals surface area contributed by atoms with Crippen LogP contribution >= 0.6 is 0 Å². The number of hydrogen-bond acceptors (Lipinski definition) is 7. The third-order valence-corrected chi connectivity index (χ3v) is 8.02. The SMILES string of the molecule is NC(=O)C(CCC=O)N1C(=O)c2ccc(NCC3CC(n4cc(-c5ccc(F)cn5)c(C5CC5)n4)C3)cc2C1=O. The Hall–Kier alpha value is -4.41. The lowest BCUT2D eigenvalue weighted by molar-refractivity contribution is -0.122. The van der Waals surface area contributed by atoms with E-state index in [9.17, 15) is 23.6 Å².